The summed E-state index contributed by atoms with van der Waals surface area (Å²) in [6.07, 6.45) is 3.17. The fraction of sp³-hybridized carbons (Fsp3) is 0.500. The summed E-state index contributed by atoms with van der Waals surface area (Å²) in [5.41, 5.74) is 6.57. The Bertz CT molecular complexity index is 827. The Balaban J connectivity index is 1.93. The molecule has 0 amide bonds. The van der Waals surface area contributed by atoms with Crippen LogP contribution in [0.5, 0.6) is 5.75 Å². The predicted molar refractivity (Wildman–Crippen MR) is 120 cm³/mol. The van der Waals surface area contributed by atoms with Gasteiger partial charge in [0.1, 0.15) is 12.0 Å². The lowest BCUT2D eigenvalue weighted by Crippen LogP contribution is -2.25. The minimum absolute atomic E-state index is 0.288. The van der Waals surface area contributed by atoms with Crippen molar-refractivity contribution in [2.75, 3.05) is 19.7 Å². The lowest BCUT2D eigenvalue weighted by molar-refractivity contribution is -0.109. The van der Waals surface area contributed by atoms with E-state index >= 15 is 0 Å². The number of nitrogens with zero attached hydrogens (tertiary/aromatic N) is 1. The van der Waals surface area contributed by atoms with Crippen LogP contribution in [0.2, 0.25) is 0 Å². The third kappa shape index (κ3) is 4.72. The highest BCUT2D eigenvalue weighted by atomic mass is 16.5. The van der Waals surface area contributed by atoms with Gasteiger partial charge in [-0.05, 0) is 73.8 Å². The van der Waals surface area contributed by atoms with Gasteiger partial charge in [0.15, 0.2) is 0 Å². The maximum atomic E-state index is 11.3. The minimum atomic E-state index is 0.288. The van der Waals surface area contributed by atoms with Crippen molar-refractivity contribution in [1.82, 2.24) is 4.90 Å². The molecule has 0 aromatic heterocycles. The first-order valence-electron chi connectivity index (χ1n) is 11.0. The van der Waals surface area contributed by atoms with Crippen LogP contribution in [0.15, 0.2) is 36.4 Å². The summed E-state index contributed by atoms with van der Waals surface area (Å²) < 4.78 is 6.07. The number of carbonyl (C=O) groups excluding carboxylic acids is 1. The molecule has 1 aliphatic heterocycles. The molecular formula is C26H35NO2. The highest BCUT2D eigenvalue weighted by molar-refractivity contribution is 5.53. The Morgan fingerprint density at radius 2 is 1.86 bits per heavy atom. The third-order valence-corrected chi connectivity index (χ3v) is 6.42. The van der Waals surface area contributed by atoms with Gasteiger partial charge in [0, 0.05) is 12.6 Å². The van der Waals surface area contributed by atoms with Crippen molar-refractivity contribution in [3.8, 4) is 5.75 Å². The predicted octanol–water partition coefficient (Wildman–Crippen LogP) is 5.95. The molecule has 2 aromatic carbocycles. The van der Waals surface area contributed by atoms with Crippen LogP contribution in [0.3, 0.4) is 0 Å². The molecule has 1 fully saturated rings. The fourth-order valence-electron chi connectivity index (χ4n) is 4.72. The van der Waals surface area contributed by atoms with E-state index in [1.807, 2.05) is 0 Å². The van der Waals surface area contributed by atoms with E-state index in [4.69, 9.17) is 4.74 Å². The van der Waals surface area contributed by atoms with Gasteiger partial charge in [-0.25, -0.2) is 0 Å². The molecule has 3 rings (SSSR count). The molecule has 2 unspecified atom stereocenters. The first-order valence-corrected chi connectivity index (χ1v) is 11.0. The van der Waals surface area contributed by atoms with Gasteiger partial charge in [0.05, 0.1) is 13.2 Å². The fourth-order valence-corrected chi connectivity index (χ4v) is 4.72. The molecule has 1 aliphatic rings. The van der Waals surface area contributed by atoms with Crippen LogP contribution in [0, 0.1) is 13.8 Å². The van der Waals surface area contributed by atoms with Crippen molar-refractivity contribution in [2.24, 2.45) is 0 Å². The molecule has 156 valence electrons. The number of hydrogen-bond acceptors (Lipinski definition) is 3. The van der Waals surface area contributed by atoms with Crippen molar-refractivity contribution in [1.29, 1.82) is 0 Å². The van der Waals surface area contributed by atoms with Gasteiger partial charge in [0.2, 0.25) is 0 Å². The van der Waals surface area contributed by atoms with Gasteiger partial charge in [-0.15, -0.1) is 0 Å². The summed E-state index contributed by atoms with van der Waals surface area (Å²) in [5.74, 6) is 1.93. The summed E-state index contributed by atoms with van der Waals surface area (Å²) in [6.45, 7) is 13.0. The molecule has 3 heteroatoms. The Kier molecular flexibility index (Phi) is 7.13. The summed E-state index contributed by atoms with van der Waals surface area (Å²) in [4.78, 5) is 13.6. The lowest BCUT2D eigenvalue weighted by atomic mass is 9.87. The van der Waals surface area contributed by atoms with Crippen LogP contribution in [0.25, 0.3) is 0 Å². The van der Waals surface area contributed by atoms with Crippen LogP contribution >= 0.6 is 0 Å². The van der Waals surface area contributed by atoms with E-state index in [2.05, 4.69) is 75.9 Å². The standard InChI is InChI=1S/C26H35NO2/c1-6-19(4)26-20(5)14-22(16-25(26)29-7-2)23-15-24(27(17-23)12-13-28)21-10-8-18(3)9-11-21/h8-11,13-14,16,19,23-24H,6-7,12,15,17H2,1-5H3/t19?,23?,24-/m1/s1. The largest absolute Gasteiger partial charge is 0.494 e. The van der Waals surface area contributed by atoms with Crippen LogP contribution in [-0.4, -0.2) is 30.9 Å². The van der Waals surface area contributed by atoms with E-state index in [9.17, 15) is 4.79 Å². The SMILES string of the molecule is CCOc1cc(C2C[C@H](c3ccc(C)cc3)N(CC=O)C2)cc(C)c1C(C)CC. The highest BCUT2D eigenvalue weighted by Crippen LogP contribution is 2.43. The second-order valence-electron chi connectivity index (χ2n) is 8.47. The molecule has 0 bridgehead atoms. The molecule has 0 radical (unpaired) electrons. The number of likely N-dealkylation sites (tertiary alicyclic amines) is 1. The zero-order valence-corrected chi connectivity index (χ0v) is 18.6. The average molecular weight is 394 g/mol. The zero-order valence-electron chi connectivity index (χ0n) is 18.6. The molecule has 3 atom stereocenters. The molecule has 1 heterocycles. The van der Waals surface area contributed by atoms with E-state index in [0.29, 0.717) is 25.0 Å². The average Bonchev–Trinajstić information content (AvgIpc) is 3.12. The van der Waals surface area contributed by atoms with Crippen molar-refractivity contribution in [2.45, 2.75) is 65.3 Å². The zero-order chi connectivity index (χ0) is 21.0. The smallest absolute Gasteiger partial charge is 0.134 e. The molecule has 3 nitrogen and oxygen atoms in total. The number of rotatable bonds is 8. The van der Waals surface area contributed by atoms with Crippen LogP contribution in [-0.2, 0) is 4.79 Å². The summed E-state index contributed by atoms with van der Waals surface area (Å²) >= 11 is 0. The molecule has 0 aliphatic carbocycles. The molecular weight excluding hydrogens is 358 g/mol. The summed E-state index contributed by atoms with van der Waals surface area (Å²) in [7, 11) is 0. The minimum Gasteiger partial charge on any atom is -0.494 e. The molecule has 0 spiro atoms. The van der Waals surface area contributed by atoms with E-state index in [1.165, 1.54) is 27.8 Å². The van der Waals surface area contributed by atoms with Gasteiger partial charge >= 0.3 is 0 Å². The van der Waals surface area contributed by atoms with E-state index in [-0.39, 0.29) is 6.04 Å². The maximum absolute atomic E-state index is 11.3. The first kappa shape index (κ1) is 21.6. The second kappa shape index (κ2) is 9.58. The van der Waals surface area contributed by atoms with E-state index < -0.39 is 0 Å². The highest BCUT2D eigenvalue weighted by Gasteiger charge is 2.34. The number of ether oxygens (including phenoxy) is 1. The monoisotopic (exact) mass is 393 g/mol. The third-order valence-electron chi connectivity index (χ3n) is 6.42. The molecule has 1 saturated heterocycles. The van der Waals surface area contributed by atoms with Crippen molar-refractivity contribution < 1.29 is 9.53 Å². The maximum Gasteiger partial charge on any atom is 0.134 e. The first-order chi connectivity index (χ1) is 14.0. The number of aryl methyl sites for hydroxylation is 2. The number of aldehydes is 1. The number of benzene rings is 2. The molecule has 2 aromatic rings. The molecule has 0 saturated carbocycles. The Morgan fingerprint density at radius 3 is 2.48 bits per heavy atom. The van der Waals surface area contributed by atoms with Crippen LogP contribution < -0.4 is 4.74 Å². The van der Waals surface area contributed by atoms with Crippen LogP contribution in [0.4, 0.5) is 0 Å². The van der Waals surface area contributed by atoms with Crippen molar-refractivity contribution >= 4 is 6.29 Å². The van der Waals surface area contributed by atoms with E-state index in [0.717, 1.165) is 31.4 Å². The molecule has 29 heavy (non-hydrogen) atoms. The number of carbonyl (C=O) groups is 1. The lowest BCUT2D eigenvalue weighted by Gasteiger charge is -2.22. The van der Waals surface area contributed by atoms with Gasteiger partial charge in [-0.3, -0.25) is 4.90 Å². The van der Waals surface area contributed by atoms with Crippen molar-refractivity contribution in [3.63, 3.8) is 0 Å². The normalized spacial score (nSPS) is 20.6. The van der Waals surface area contributed by atoms with Gasteiger partial charge < -0.3 is 9.53 Å². The van der Waals surface area contributed by atoms with Gasteiger partial charge in [0.25, 0.3) is 0 Å². The van der Waals surface area contributed by atoms with Gasteiger partial charge in [-0.2, -0.15) is 0 Å². The summed E-state index contributed by atoms with van der Waals surface area (Å²) in [6, 6.07) is 13.7. The van der Waals surface area contributed by atoms with E-state index in [1.54, 1.807) is 0 Å². The van der Waals surface area contributed by atoms with Crippen molar-refractivity contribution in [3.05, 3.63) is 64.2 Å². The topological polar surface area (TPSA) is 29.5 Å². The summed E-state index contributed by atoms with van der Waals surface area (Å²) in [5, 5.41) is 0. The van der Waals surface area contributed by atoms with Gasteiger partial charge in [-0.1, -0.05) is 49.7 Å². The Hall–Kier alpha value is -2.13. The Labute approximate surface area is 176 Å². The quantitative estimate of drug-likeness (QED) is 0.519. The number of hydrogen-bond donors (Lipinski definition) is 0. The second-order valence-corrected chi connectivity index (χ2v) is 8.47. The Morgan fingerprint density at radius 1 is 1.14 bits per heavy atom. The van der Waals surface area contributed by atoms with Crippen LogP contribution in [0.1, 0.15) is 79.3 Å². The molecule has 0 N–H and O–H groups in total.